The number of rotatable bonds is 3. The Morgan fingerprint density at radius 3 is 2.75 bits per heavy atom. The molecule has 0 saturated carbocycles. The number of nitrogen functional groups attached to an aromatic ring is 2. The third-order valence-corrected chi connectivity index (χ3v) is 3.50. The second kappa shape index (κ2) is 5.08. The van der Waals surface area contributed by atoms with E-state index in [1.54, 1.807) is 24.4 Å². The van der Waals surface area contributed by atoms with E-state index in [9.17, 15) is 8.78 Å². The number of halogens is 2. The van der Waals surface area contributed by atoms with Crippen LogP contribution in [0.1, 0.15) is 0 Å². The standard InChI is InChI=1S/C13H11F2N9/c14-9(15)5-24-12-8(20-22-24)2-1-7(18-12)6-3-4-23-10(6)11(16)19-13(17)21-23/h1-4,9H,5H2,(H4,16,17,19,21). The molecule has 0 unspecified atom stereocenters. The maximum absolute atomic E-state index is 12.6. The predicted octanol–water partition coefficient (Wildman–Crippen LogP) is 0.965. The molecule has 9 nitrogen and oxygen atoms in total. The van der Waals surface area contributed by atoms with Crippen LogP contribution in [-0.4, -0.2) is 41.0 Å². The molecule has 11 heteroatoms. The van der Waals surface area contributed by atoms with Gasteiger partial charge in [0.05, 0.1) is 5.69 Å². The average Bonchev–Trinajstić information content (AvgIpc) is 3.11. The molecule has 4 N–H and O–H groups in total. The van der Waals surface area contributed by atoms with E-state index in [0.717, 1.165) is 4.68 Å². The van der Waals surface area contributed by atoms with E-state index in [1.165, 1.54) is 4.52 Å². The number of hydrogen-bond acceptors (Lipinski definition) is 7. The maximum Gasteiger partial charge on any atom is 0.258 e. The van der Waals surface area contributed by atoms with Crippen LogP contribution in [-0.2, 0) is 6.54 Å². The summed E-state index contributed by atoms with van der Waals surface area (Å²) in [7, 11) is 0. The Balaban J connectivity index is 1.90. The van der Waals surface area contributed by atoms with Crippen LogP contribution in [0.25, 0.3) is 27.9 Å². The number of pyridine rings is 1. The highest BCUT2D eigenvalue weighted by atomic mass is 19.3. The summed E-state index contributed by atoms with van der Waals surface area (Å²) in [5.41, 5.74) is 13.9. The fraction of sp³-hybridized carbons (Fsp3) is 0.154. The first-order valence-electron chi connectivity index (χ1n) is 6.92. The van der Waals surface area contributed by atoms with E-state index < -0.39 is 13.0 Å². The van der Waals surface area contributed by atoms with Gasteiger partial charge in [0.2, 0.25) is 5.95 Å². The van der Waals surface area contributed by atoms with Crippen molar-refractivity contribution in [3.05, 3.63) is 24.4 Å². The summed E-state index contributed by atoms with van der Waals surface area (Å²) < 4.78 is 27.8. The van der Waals surface area contributed by atoms with Gasteiger partial charge >= 0.3 is 0 Å². The summed E-state index contributed by atoms with van der Waals surface area (Å²) in [5.74, 6) is 0.244. The maximum atomic E-state index is 12.6. The van der Waals surface area contributed by atoms with Crippen LogP contribution in [0.15, 0.2) is 24.4 Å². The number of nitrogens with zero attached hydrogens (tertiary/aromatic N) is 7. The molecular weight excluding hydrogens is 320 g/mol. The van der Waals surface area contributed by atoms with E-state index in [4.69, 9.17) is 11.5 Å². The lowest BCUT2D eigenvalue weighted by atomic mass is 10.2. The lowest BCUT2D eigenvalue weighted by Crippen LogP contribution is -2.09. The second-order valence-electron chi connectivity index (χ2n) is 5.08. The molecule has 0 saturated heterocycles. The summed E-state index contributed by atoms with van der Waals surface area (Å²) in [6.07, 6.45) is -0.887. The van der Waals surface area contributed by atoms with E-state index in [0.29, 0.717) is 22.3 Å². The van der Waals surface area contributed by atoms with Gasteiger partial charge < -0.3 is 11.5 Å². The number of fused-ring (bicyclic) bond motifs is 2. The van der Waals surface area contributed by atoms with Gasteiger partial charge in [0.25, 0.3) is 6.43 Å². The third kappa shape index (κ3) is 2.17. The zero-order chi connectivity index (χ0) is 16.8. The summed E-state index contributed by atoms with van der Waals surface area (Å²) in [5, 5.41) is 11.6. The number of anilines is 2. The number of nitrogens with two attached hydrogens (primary N) is 2. The Morgan fingerprint density at radius 1 is 1.12 bits per heavy atom. The summed E-state index contributed by atoms with van der Waals surface area (Å²) in [6.45, 7) is -0.578. The zero-order valence-corrected chi connectivity index (χ0v) is 12.1. The van der Waals surface area contributed by atoms with Gasteiger partial charge in [-0.05, 0) is 18.2 Å². The molecule has 4 aromatic rings. The Bertz CT molecular complexity index is 1050. The first-order valence-corrected chi connectivity index (χ1v) is 6.92. The van der Waals surface area contributed by atoms with Crippen LogP contribution in [0, 0.1) is 0 Å². The number of alkyl halides is 2. The van der Waals surface area contributed by atoms with Gasteiger partial charge in [-0.2, -0.15) is 4.98 Å². The highest BCUT2D eigenvalue weighted by molar-refractivity contribution is 5.88. The molecule has 0 fully saturated rings. The van der Waals surface area contributed by atoms with Crippen LogP contribution < -0.4 is 11.5 Å². The zero-order valence-electron chi connectivity index (χ0n) is 12.1. The van der Waals surface area contributed by atoms with Crippen molar-refractivity contribution in [3.63, 3.8) is 0 Å². The van der Waals surface area contributed by atoms with Gasteiger partial charge in [-0.1, -0.05) is 5.21 Å². The van der Waals surface area contributed by atoms with Gasteiger partial charge in [0.1, 0.15) is 17.6 Å². The van der Waals surface area contributed by atoms with Crippen LogP contribution in [0.4, 0.5) is 20.5 Å². The Hall–Kier alpha value is -3.37. The molecular formula is C13H11F2N9. The van der Waals surface area contributed by atoms with Crippen molar-refractivity contribution in [2.24, 2.45) is 0 Å². The molecule has 4 heterocycles. The minimum Gasteiger partial charge on any atom is -0.382 e. The van der Waals surface area contributed by atoms with Crippen molar-refractivity contribution in [3.8, 4) is 11.3 Å². The van der Waals surface area contributed by atoms with Gasteiger partial charge in [-0.3, -0.25) is 0 Å². The number of hydrogen-bond donors (Lipinski definition) is 2. The first kappa shape index (κ1) is 14.2. The van der Waals surface area contributed by atoms with E-state index in [-0.39, 0.29) is 17.4 Å². The normalized spacial score (nSPS) is 11.8. The van der Waals surface area contributed by atoms with Crippen molar-refractivity contribution in [1.82, 2.24) is 34.6 Å². The van der Waals surface area contributed by atoms with Gasteiger partial charge in [-0.15, -0.1) is 10.2 Å². The summed E-state index contributed by atoms with van der Waals surface area (Å²) in [6, 6.07) is 5.11. The van der Waals surface area contributed by atoms with Crippen LogP contribution >= 0.6 is 0 Å². The molecule has 0 aromatic carbocycles. The molecule has 0 spiro atoms. The molecule has 0 aliphatic heterocycles. The molecule has 0 amide bonds. The van der Waals surface area contributed by atoms with Crippen molar-refractivity contribution in [2.75, 3.05) is 11.5 Å². The van der Waals surface area contributed by atoms with Crippen molar-refractivity contribution >= 4 is 28.4 Å². The second-order valence-corrected chi connectivity index (χ2v) is 5.08. The van der Waals surface area contributed by atoms with E-state index in [1.807, 2.05) is 0 Å². The van der Waals surface area contributed by atoms with Crippen LogP contribution in [0.2, 0.25) is 0 Å². The monoisotopic (exact) mass is 331 g/mol. The summed E-state index contributed by atoms with van der Waals surface area (Å²) >= 11 is 0. The van der Waals surface area contributed by atoms with Gasteiger partial charge in [-0.25, -0.2) is 23.0 Å². The van der Waals surface area contributed by atoms with E-state index in [2.05, 4.69) is 25.4 Å². The lowest BCUT2D eigenvalue weighted by molar-refractivity contribution is 0.122. The van der Waals surface area contributed by atoms with Crippen molar-refractivity contribution < 1.29 is 8.78 Å². The smallest absolute Gasteiger partial charge is 0.258 e. The third-order valence-electron chi connectivity index (χ3n) is 3.50. The fourth-order valence-corrected chi connectivity index (χ4v) is 2.53. The van der Waals surface area contributed by atoms with Gasteiger partial charge in [0, 0.05) is 11.8 Å². The highest BCUT2D eigenvalue weighted by Gasteiger charge is 2.16. The van der Waals surface area contributed by atoms with Crippen LogP contribution in [0.5, 0.6) is 0 Å². The fourth-order valence-electron chi connectivity index (χ4n) is 2.53. The molecule has 0 radical (unpaired) electrons. The Morgan fingerprint density at radius 2 is 1.96 bits per heavy atom. The van der Waals surface area contributed by atoms with Gasteiger partial charge in [0.15, 0.2) is 11.5 Å². The largest absolute Gasteiger partial charge is 0.382 e. The Kier molecular flexibility index (Phi) is 3.01. The molecule has 0 aliphatic carbocycles. The van der Waals surface area contributed by atoms with E-state index >= 15 is 0 Å². The number of aromatic nitrogens is 7. The molecule has 24 heavy (non-hydrogen) atoms. The predicted molar refractivity (Wildman–Crippen MR) is 82.1 cm³/mol. The highest BCUT2D eigenvalue weighted by Crippen LogP contribution is 2.28. The molecule has 4 aromatic heterocycles. The minimum absolute atomic E-state index is 0.0461. The molecule has 4 rings (SSSR count). The van der Waals surface area contributed by atoms with Crippen molar-refractivity contribution in [1.29, 1.82) is 0 Å². The minimum atomic E-state index is -2.55. The Labute approximate surface area is 132 Å². The molecule has 0 atom stereocenters. The molecule has 122 valence electrons. The topological polar surface area (TPSA) is 126 Å². The lowest BCUT2D eigenvalue weighted by Gasteiger charge is -2.04. The average molecular weight is 331 g/mol. The first-order chi connectivity index (χ1) is 11.5. The quantitative estimate of drug-likeness (QED) is 0.572. The summed E-state index contributed by atoms with van der Waals surface area (Å²) in [4.78, 5) is 8.33. The SMILES string of the molecule is Nc1nc(N)c2c(-c3ccc4nnn(CC(F)F)c4n3)ccn2n1. The molecule has 0 aliphatic rings. The molecule has 0 bridgehead atoms. The van der Waals surface area contributed by atoms with Crippen LogP contribution in [0.3, 0.4) is 0 Å². The van der Waals surface area contributed by atoms with Crippen molar-refractivity contribution in [2.45, 2.75) is 13.0 Å².